The van der Waals surface area contributed by atoms with E-state index >= 15 is 0 Å². The van der Waals surface area contributed by atoms with Crippen molar-refractivity contribution in [1.82, 2.24) is 9.80 Å². The number of amides is 1. The number of likely N-dealkylation sites (tertiary alicyclic amines) is 1. The third-order valence-electron chi connectivity index (χ3n) is 4.93. The van der Waals surface area contributed by atoms with E-state index in [9.17, 15) is 4.79 Å². The predicted molar refractivity (Wildman–Crippen MR) is 82.5 cm³/mol. The summed E-state index contributed by atoms with van der Waals surface area (Å²) >= 11 is 0. The van der Waals surface area contributed by atoms with Crippen molar-refractivity contribution in [2.24, 2.45) is 0 Å². The van der Waals surface area contributed by atoms with Crippen LogP contribution in [0.25, 0.3) is 0 Å². The van der Waals surface area contributed by atoms with E-state index in [0.29, 0.717) is 29.1 Å². The first-order valence-corrected chi connectivity index (χ1v) is 7.55. The molecule has 2 saturated heterocycles. The Balaban J connectivity index is 1.82. The van der Waals surface area contributed by atoms with Gasteiger partial charge in [0.1, 0.15) is 5.75 Å². The van der Waals surface area contributed by atoms with Crippen LogP contribution in [0.4, 0.5) is 5.69 Å². The first-order valence-electron chi connectivity index (χ1n) is 7.55. The van der Waals surface area contributed by atoms with E-state index < -0.39 is 0 Å². The van der Waals surface area contributed by atoms with Gasteiger partial charge in [0.2, 0.25) is 0 Å². The van der Waals surface area contributed by atoms with Gasteiger partial charge in [-0.25, -0.2) is 0 Å². The minimum Gasteiger partial charge on any atom is -0.497 e. The Labute approximate surface area is 125 Å². The number of ether oxygens (including phenoxy) is 1. The van der Waals surface area contributed by atoms with Crippen molar-refractivity contribution >= 4 is 11.6 Å². The van der Waals surface area contributed by atoms with Crippen molar-refractivity contribution in [2.45, 2.75) is 31.3 Å². The van der Waals surface area contributed by atoms with Crippen molar-refractivity contribution in [1.29, 1.82) is 0 Å². The summed E-state index contributed by atoms with van der Waals surface area (Å²) in [4.78, 5) is 17.2. The Hall–Kier alpha value is -1.75. The van der Waals surface area contributed by atoms with Gasteiger partial charge < -0.3 is 15.4 Å². The molecule has 2 unspecified atom stereocenters. The van der Waals surface area contributed by atoms with Crippen molar-refractivity contribution in [2.75, 3.05) is 33.0 Å². The van der Waals surface area contributed by atoms with Gasteiger partial charge in [-0.15, -0.1) is 0 Å². The second-order valence-corrected chi connectivity index (χ2v) is 6.04. The van der Waals surface area contributed by atoms with Gasteiger partial charge in [0.15, 0.2) is 0 Å². The van der Waals surface area contributed by atoms with E-state index in [4.69, 9.17) is 10.5 Å². The van der Waals surface area contributed by atoms with Crippen molar-refractivity contribution in [3.05, 3.63) is 23.8 Å². The molecule has 2 atom stereocenters. The van der Waals surface area contributed by atoms with Gasteiger partial charge in [0.05, 0.1) is 12.7 Å². The van der Waals surface area contributed by atoms with Crippen LogP contribution >= 0.6 is 0 Å². The molecule has 0 aliphatic carbocycles. The van der Waals surface area contributed by atoms with E-state index in [-0.39, 0.29) is 5.91 Å². The number of nitrogens with zero attached hydrogens (tertiary/aromatic N) is 2. The Morgan fingerprint density at radius 2 is 2.05 bits per heavy atom. The average molecular weight is 289 g/mol. The summed E-state index contributed by atoms with van der Waals surface area (Å²) in [5.74, 6) is 0.688. The molecule has 0 saturated carbocycles. The maximum absolute atomic E-state index is 12.8. The fourth-order valence-corrected chi connectivity index (χ4v) is 3.51. The van der Waals surface area contributed by atoms with Crippen molar-refractivity contribution < 1.29 is 9.53 Å². The van der Waals surface area contributed by atoms with Gasteiger partial charge in [-0.2, -0.15) is 0 Å². The highest BCUT2D eigenvalue weighted by Gasteiger charge is 2.36. The SMILES string of the molecule is COc1ccc(N)c(C(=O)N2CCC3CCC(C2)N3C)c1. The smallest absolute Gasteiger partial charge is 0.256 e. The fourth-order valence-electron chi connectivity index (χ4n) is 3.51. The molecule has 1 amide bonds. The lowest BCUT2D eigenvalue weighted by Gasteiger charge is -2.26. The van der Waals surface area contributed by atoms with Crippen LogP contribution in [-0.4, -0.2) is 55.0 Å². The number of carbonyl (C=O) groups is 1. The Morgan fingerprint density at radius 1 is 1.29 bits per heavy atom. The zero-order valence-electron chi connectivity index (χ0n) is 12.7. The van der Waals surface area contributed by atoms with Gasteiger partial charge in [-0.05, 0) is 44.5 Å². The Bertz CT molecular complexity index is 546. The summed E-state index contributed by atoms with van der Waals surface area (Å²) < 4.78 is 5.20. The maximum Gasteiger partial charge on any atom is 0.256 e. The lowest BCUT2D eigenvalue weighted by atomic mass is 10.1. The molecule has 5 heteroatoms. The highest BCUT2D eigenvalue weighted by Crippen LogP contribution is 2.30. The minimum absolute atomic E-state index is 0.0207. The lowest BCUT2D eigenvalue weighted by molar-refractivity contribution is 0.0741. The number of benzene rings is 1. The molecule has 0 radical (unpaired) electrons. The number of carbonyl (C=O) groups excluding carboxylic acids is 1. The first-order chi connectivity index (χ1) is 10.1. The summed E-state index contributed by atoms with van der Waals surface area (Å²) in [6.07, 6.45) is 3.48. The molecule has 2 fully saturated rings. The van der Waals surface area contributed by atoms with E-state index in [1.165, 1.54) is 12.8 Å². The van der Waals surface area contributed by atoms with Gasteiger partial charge in [0.25, 0.3) is 5.91 Å². The second-order valence-electron chi connectivity index (χ2n) is 6.04. The van der Waals surface area contributed by atoms with Crippen molar-refractivity contribution in [3.63, 3.8) is 0 Å². The third-order valence-corrected chi connectivity index (χ3v) is 4.93. The largest absolute Gasteiger partial charge is 0.497 e. The molecule has 21 heavy (non-hydrogen) atoms. The molecule has 5 nitrogen and oxygen atoms in total. The number of nitrogens with two attached hydrogens (primary N) is 1. The number of hydrogen-bond donors (Lipinski definition) is 1. The summed E-state index contributed by atoms with van der Waals surface area (Å²) in [6.45, 7) is 1.60. The van der Waals surface area contributed by atoms with E-state index in [2.05, 4.69) is 11.9 Å². The lowest BCUT2D eigenvalue weighted by Crippen LogP contribution is -2.39. The van der Waals surface area contributed by atoms with Gasteiger partial charge in [0, 0.05) is 30.9 Å². The molecule has 2 bridgehead atoms. The normalized spacial score (nSPS) is 25.7. The molecule has 2 aliphatic heterocycles. The fraction of sp³-hybridized carbons (Fsp3) is 0.562. The molecule has 3 rings (SSSR count). The number of hydrogen-bond acceptors (Lipinski definition) is 4. The maximum atomic E-state index is 12.8. The van der Waals surface area contributed by atoms with Crippen LogP contribution in [0.15, 0.2) is 18.2 Å². The average Bonchev–Trinajstić information content (AvgIpc) is 2.72. The molecule has 1 aromatic carbocycles. The number of anilines is 1. The number of fused-ring (bicyclic) bond motifs is 2. The quantitative estimate of drug-likeness (QED) is 0.840. The third kappa shape index (κ3) is 2.58. The molecule has 1 aromatic rings. The summed E-state index contributed by atoms with van der Waals surface area (Å²) in [7, 11) is 3.77. The molecule has 2 heterocycles. The minimum atomic E-state index is 0.0207. The van der Waals surface area contributed by atoms with Crippen LogP contribution in [0.3, 0.4) is 0 Å². The number of methoxy groups -OCH3 is 1. The molecule has 2 N–H and O–H groups in total. The number of nitrogen functional groups attached to an aromatic ring is 1. The van der Waals surface area contributed by atoms with E-state index in [0.717, 1.165) is 19.5 Å². The van der Waals surface area contributed by atoms with Crippen LogP contribution in [-0.2, 0) is 0 Å². The molecular weight excluding hydrogens is 266 g/mol. The van der Waals surface area contributed by atoms with Crippen LogP contribution in [0, 0.1) is 0 Å². The Morgan fingerprint density at radius 3 is 2.81 bits per heavy atom. The van der Waals surface area contributed by atoms with Crippen LogP contribution < -0.4 is 10.5 Å². The van der Waals surface area contributed by atoms with Gasteiger partial charge in [-0.3, -0.25) is 9.69 Å². The molecule has 2 aliphatic rings. The number of likely N-dealkylation sites (N-methyl/N-ethyl adjacent to an activating group) is 1. The predicted octanol–water partition coefficient (Wildman–Crippen LogP) is 1.59. The standard InChI is InChI=1S/C16H23N3O2/c1-18-11-3-4-12(18)10-19(8-7-11)16(20)14-9-13(21-2)5-6-15(14)17/h5-6,9,11-12H,3-4,7-8,10,17H2,1-2H3. The highest BCUT2D eigenvalue weighted by atomic mass is 16.5. The first kappa shape index (κ1) is 14.2. The highest BCUT2D eigenvalue weighted by molar-refractivity contribution is 5.99. The molecule has 0 aromatic heterocycles. The van der Waals surface area contributed by atoms with Crippen LogP contribution in [0.2, 0.25) is 0 Å². The van der Waals surface area contributed by atoms with Crippen molar-refractivity contribution in [3.8, 4) is 5.75 Å². The zero-order chi connectivity index (χ0) is 15.0. The molecular formula is C16H23N3O2. The topological polar surface area (TPSA) is 58.8 Å². The number of rotatable bonds is 2. The summed E-state index contributed by atoms with van der Waals surface area (Å²) in [5, 5.41) is 0. The van der Waals surface area contributed by atoms with Gasteiger partial charge in [-0.1, -0.05) is 0 Å². The monoisotopic (exact) mass is 289 g/mol. The Kier molecular flexibility index (Phi) is 3.76. The summed E-state index contributed by atoms with van der Waals surface area (Å²) in [6, 6.07) is 6.36. The second kappa shape index (κ2) is 5.56. The van der Waals surface area contributed by atoms with Crippen LogP contribution in [0.5, 0.6) is 5.75 Å². The zero-order valence-corrected chi connectivity index (χ0v) is 12.7. The summed E-state index contributed by atoms with van der Waals surface area (Å²) in [5.41, 5.74) is 7.05. The molecule has 0 spiro atoms. The van der Waals surface area contributed by atoms with E-state index in [1.807, 2.05) is 4.90 Å². The van der Waals surface area contributed by atoms with Gasteiger partial charge >= 0.3 is 0 Å². The van der Waals surface area contributed by atoms with E-state index in [1.54, 1.807) is 25.3 Å². The van der Waals surface area contributed by atoms with Crippen LogP contribution in [0.1, 0.15) is 29.6 Å². The molecule has 114 valence electrons.